The van der Waals surface area contributed by atoms with Crippen LogP contribution in [0.5, 0.6) is 0 Å². The topological polar surface area (TPSA) is 26.3 Å². The maximum atomic E-state index is 11.6. The summed E-state index contributed by atoms with van der Waals surface area (Å²) in [7, 11) is 0. The number of hydrogen-bond acceptors (Lipinski definition) is 2. The lowest BCUT2D eigenvalue weighted by molar-refractivity contribution is -0.148. The van der Waals surface area contributed by atoms with E-state index in [-0.39, 0.29) is 11.9 Å². The molecular formula is C14H26O2. The normalized spacial score (nSPS) is 16.9. The van der Waals surface area contributed by atoms with Crippen LogP contribution in [0.3, 0.4) is 0 Å². The molecule has 1 aliphatic rings. The van der Waals surface area contributed by atoms with E-state index in [2.05, 4.69) is 13.8 Å². The molecular weight excluding hydrogens is 200 g/mol. The molecule has 16 heavy (non-hydrogen) atoms. The number of carbonyl (C=O) groups is 1. The van der Waals surface area contributed by atoms with Crippen LogP contribution in [0.2, 0.25) is 0 Å². The molecule has 0 spiro atoms. The van der Waals surface area contributed by atoms with Crippen molar-refractivity contribution in [3.05, 3.63) is 0 Å². The molecule has 0 unspecified atom stereocenters. The van der Waals surface area contributed by atoms with Gasteiger partial charge in [-0.05, 0) is 25.2 Å². The van der Waals surface area contributed by atoms with Gasteiger partial charge in [0.25, 0.3) is 0 Å². The van der Waals surface area contributed by atoms with Crippen LogP contribution in [0.4, 0.5) is 0 Å². The van der Waals surface area contributed by atoms with Crippen molar-refractivity contribution in [2.75, 3.05) is 6.61 Å². The summed E-state index contributed by atoms with van der Waals surface area (Å²) in [6, 6.07) is 0. The highest BCUT2D eigenvalue weighted by Gasteiger charge is 2.23. The van der Waals surface area contributed by atoms with E-state index in [9.17, 15) is 4.79 Å². The van der Waals surface area contributed by atoms with Crippen molar-refractivity contribution in [1.82, 2.24) is 0 Å². The van der Waals surface area contributed by atoms with Crippen LogP contribution in [-0.4, -0.2) is 12.6 Å². The van der Waals surface area contributed by atoms with Gasteiger partial charge in [-0.2, -0.15) is 0 Å². The van der Waals surface area contributed by atoms with Gasteiger partial charge in [0, 0.05) is 0 Å². The molecule has 0 aliphatic heterocycles. The van der Waals surface area contributed by atoms with Crippen molar-refractivity contribution in [2.24, 2.45) is 11.8 Å². The maximum absolute atomic E-state index is 11.6. The number of ether oxygens (including phenoxy) is 1. The van der Waals surface area contributed by atoms with Crippen LogP contribution in [-0.2, 0) is 9.53 Å². The number of hydrogen-bond donors (Lipinski definition) is 0. The summed E-state index contributed by atoms with van der Waals surface area (Å²) in [5.74, 6) is 1.07. The standard InChI is InChI=1S/C14H26O2/c1-12(2)8-4-3-7-11-16-14(15)13-9-5-6-10-13/h12-13H,3-11H2,1-2H3. The average molecular weight is 226 g/mol. The van der Waals surface area contributed by atoms with Gasteiger partial charge in [0.2, 0.25) is 0 Å². The fourth-order valence-electron chi connectivity index (χ4n) is 2.28. The monoisotopic (exact) mass is 226 g/mol. The SMILES string of the molecule is CC(C)CCCCCOC(=O)C1CCCC1. The van der Waals surface area contributed by atoms with Crippen LogP contribution in [0.25, 0.3) is 0 Å². The Labute approximate surface area is 99.8 Å². The fraction of sp³-hybridized carbons (Fsp3) is 0.929. The highest BCUT2D eigenvalue weighted by Crippen LogP contribution is 2.25. The number of rotatable bonds is 7. The molecule has 1 saturated carbocycles. The fourth-order valence-corrected chi connectivity index (χ4v) is 2.28. The molecule has 1 fully saturated rings. The molecule has 2 nitrogen and oxygen atoms in total. The second-order valence-corrected chi connectivity index (χ2v) is 5.39. The first-order chi connectivity index (χ1) is 7.70. The zero-order valence-electron chi connectivity index (χ0n) is 10.8. The summed E-state index contributed by atoms with van der Waals surface area (Å²) >= 11 is 0. The zero-order chi connectivity index (χ0) is 11.8. The molecule has 0 heterocycles. The van der Waals surface area contributed by atoms with Gasteiger partial charge in [0.05, 0.1) is 12.5 Å². The van der Waals surface area contributed by atoms with Crippen molar-refractivity contribution < 1.29 is 9.53 Å². The molecule has 0 radical (unpaired) electrons. The molecule has 0 amide bonds. The Kier molecular flexibility index (Phi) is 6.51. The van der Waals surface area contributed by atoms with E-state index in [0.717, 1.165) is 25.2 Å². The van der Waals surface area contributed by atoms with Crippen molar-refractivity contribution in [3.63, 3.8) is 0 Å². The Balaban J connectivity index is 1.92. The van der Waals surface area contributed by atoms with Gasteiger partial charge in [0.15, 0.2) is 0 Å². The summed E-state index contributed by atoms with van der Waals surface area (Å²) in [6.45, 7) is 5.13. The highest BCUT2D eigenvalue weighted by atomic mass is 16.5. The van der Waals surface area contributed by atoms with E-state index >= 15 is 0 Å². The van der Waals surface area contributed by atoms with Crippen molar-refractivity contribution >= 4 is 5.97 Å². The quantitative estimate of drug-likeness (QED) is 0.485. The number of unbranched alkanes of at least 4 members (excludes halogenated alkanes) is 2. The minimum absolute atomic E-state index is 0.0568. The largest absolute Gasteiger partial charge is 0.465 e. The van der Waals surface area contributed by atoms with Gasteiger partial charge in [0.1, 0.15) is 0 Å². The summed E-state index contributed by atoms with van der Waals surface area (Å²) in [4.78, 5) is 11.6. The lowest BCUT2D eigenvalue weighted by atomic mass is 10.1. The van der Waals surface area contributed by atoms with Crippen LogP contribution < -0.4 is 0 Å². The summed E-state index contributed by atoms with van der Waals surface area (Å²) in [5, 5.41) is 0. The van der Waals surface area contributed by atoms with E-state index in [1.54, 1.807) is 0 Å². The van der Waals surface area contributed by atoms with E-state index in [1.165, 1.54) is 32.1 Å². The van der Waals surface area contributed by atoms with Crippen LogP contribution in [0.1, 0.15) is 65.2 Å². The summed E-state index contributed by atoms with van der Waals surface area (Å²) in [5.41, 5.74) is 0. The second kappa shape index (κ2) is 7.70. The summed E-state index contributed by atoms with van der Waals surface area (Å²) in [6.07, 6.45) is 9.27. The van der Waals surface area contributed by atoms with Crippen molar-refractivity contribution in [3.8, 4) is 0 Å². The maximum Gasteiger partial charge on any atom is 0.308 e. The average Bonchev–Trinajstić information content (AvgIpc) is 2.75. The molecule has 0 bridgehead atoms. The van der Waals surface area contributed by atoms with Crippen LogP contribution in [0, 0.1) is 11.8 Å². The third kappa shape index (κ3) is 5.53. The lowest BCUT2D eigenvalue weighted by Crippen LogP contribution is -2.15. The molecule has 94 valence electrons. The van der Waals surface area contributed by atoms with E-state index < -0.39 is 0 Å². The Bertz CT molecular complexity index is 193. The van der Waals surface area contributed by atoms with Crippen molar-refractivity contribution in [2.45, 2.75) is 65.2 Å². The predicted octanol–water partition coefficient (Wildman–Crippen LogP) is 3.94. The van der Waals surface area contributed by atoms with Gasteiger partial charge >= 0.3 is 5.97 Å². The minimum atomic E-state index is 0.0568. The molecule has 0 atom stereocenters. The lowest BCUT2D eigenvalue weighted by Gasteiger charge is -2.09. The molecule has 0 aromatic rings. The zero-order valence-corrected chi connectivity index (χ0v) is 10.8. The van der Waals surface area contributed by atoms with Gasteiger partial charge in [-0.25, -0.2) is 0 Å². The molecule has 0 N–H and O–H groups in total. The van der Waals surface area contributed by atoms with E-state index in [1.807, 2.05) is 0 Å². The molecule has 2 heteroatoms. The Morgan fingerprint density at radius 1 is 1.19 bits per heavy atom. The first kappa shape index (κ1) is 13.5. The Morgan fingerprint density at radius 2 is 1.88 bits per heavy atom. The third-order valence-corrected chi connectivity index (χ3v) is 3.36. The number of esters is 1. The second-order valence-electron chi connectivity index (χ2n) is 5.39. The van der Waals surface area contributed by atoms with Gasteiger partial charge in [-0.1, -0.05) is 46.0 Å². The number of carbonyl (C=O) groups excluding carboxylic acids is 1. The van der Waals surface area contributed by atoms with Crippen molar-refractivity contribution in [1.29, 1.82) is 0 Å². The molecule has 0 saturated heterocycles. The first-order valence-corrected chi connectivity index (χ1v) is 6.87. The molecule has 1 aliphatic carbocycles. The highest BCUT2D eigenvalue weighted by molar-refractivity contribution is 5.72. The summed E-state index contributed by atoms with van der Waals surface area (Å²) < 4.78 is 5.29. The smallest absolute Gasteiger partial charge is 0.308 e. The van der Waals surface area contributed by atoms with Gasteiger partial charge in [-0.15, -0.1) is 0 Å². The van der Waals surface area contributed by atoms with Gasteiger partial charge < -0.3 is 4.74 Å². The Hall–Kier alpha value is -0.530. The minimum Gasteiger partial charge on any atom is -0.465 e. The van der Waals surface area contributed by atoms with E-state index in [0.29, 0.717) is 6.61 Å². The van der Waals surface area contributed by atoms with Crippen LogP contribution in [0.15, 0.2) is 0 Å². The first-order valence-electron chi connectivity index (χ1n) is 6.87. The third-order valence-electron chi connectivity index (χ3n) is 3.36. The van der Waals surface area contributed by atoms with E-state index in [4.69, 9.17) is 4.74 Å². The molecule has 1 rings (SSSR count). The predicted molar refractivity (Wildman–Crippen MR) is 66.2 cm³/mol. The Morgan fingerprint density at radius 3 is 2.50 bits per heavy atom. The van der Waals surface area contributed by atoms with Crippen LogP contribution >= 0.6 is 0 Å². The molecule has 0 aromatic heterocycles. The van der Waals surface area contributed by atoms with Gasteiger partial charge in [-0.3, -0.25) is 4.79 Å². The molecule has 0 aromatic carbocycles.